The predicted octanol–water partition coefficient (Wildman–Crippen LogP) is 1.60. The van der Waals surface area contributed by atoms with E-state index in [2.05, 4.69) is 20.9 Å². The van der Waals surface area contributed by atoms with Gasteiger partial charge in [0.05, 0.1) is 28.7 Å². The fourth-order valence-corrected chi connectivity index (χ4v) is 3.50. The van der Waals surface area contributed by atoms with Crippen LogP contribution in [0, 0.1) is 6.92 Å². The van der Waals surface area contributed by atoms with E-state index < -0.39 is 11.9 Å². The molecule has 0 saturated carbocycles. The molecule has 3 aromatic rings. The van der Waals surface area contributed by atoms with Crippen molar-refractivity contribution in [3.05, 3.63) is 59.9 Å². The highest BCUT2D eigenvalue weighted by Crippen LogP contribution is 2.19. The summed E-state index contributed by atoms with van der Waals surface area (Å²) >= 11 is 0. The van der Waals surface area contributed by atoms with Gasteiger partial charge in [-0.15, -0.1) is 0 Å². The second kappa shape index (κ2) is 7.75. The lowest BCUT2D eigenvalue weighted by atomic mass is 10.1. The van der Waals surface area contributed by atoms with Crippen LogP contribution in [0.4, 0.5) is 5.69 Å². The van der Waals surface area contributed by atoms with Crippen LogP contribution in [0.1, 0.15) is 22.6 Å². The van der Waals surface area contributed by atoms with Gasteiger partial charge in [0, 0.05) is 13.1 Å². The van der Waals surface area contributed by atoms with E-state index in [9.17, 15) is 14.4 Å². The highest BCUT2D eigenvalue weighted by molar-refractivity contribution is 6.10. The standard InChI is InChI=1S/C21H21N5O3/c1-13-23-16-8-4-5-9-18(16)26(13)11-10-22-19(27)12-17-21(29)24-15-7-3-2-6-14(15)20(28)25-17/h2-9,17H,10-12H2,1H3,(H,22,27)(H,24,29)(H,25,28). The lowest BCUT2D eigenvalue weighted by Gasteiger charge is -2.15. The summed E-state index contributed by atoms with van der Waals surface area (Å²) in [4.78, 5) is 41.6. The van der Waals surface area contributed by atoms with Crippen molar-refractivity contribution in [2.45, 2.75) is 25.9 Å². The van der Waals surface area contributed by atoms with E-state index >= 15 is 0 Å². The van der Waals surface area contributed by atoms with Gasteiger partial charge in [0.2, 0.25) is 11.8 Å². The van der Waals surface area contributed by atoms with E-state index in [-0.39, 0.29) is 18.2 Å². The first-order valence-corrected chi connectivity index (χ1v) is 9.42. The molecule has 1 aliphatic heterocycles. The molecule has 0 fully saturated rings. The predicted molar refractivity (Wildman–Crippen MR) is 108 cm³/mol. The molecule has 4 rings (SSSR count). The molecule has 8 nitrogen and oxygen atoms in total. The zero-order valence-corrected chi connectivity index (χ0v) is 15.9. The quantitative estimate of drug-likeness (QED) is 0.614. The number of carbonyl (C=O) groups is 3. The highest BCUT2D eigenvalue weighted by Gasteiger charge is 2.29. The Morgan fingerprint density at radius 1 is 1.14 bits per heavy atom. The number of hydrogen-bond donors (Lipinski definition) is 3. The van der Waals surface area contributed by atoms with Gasteiger partial charge in [-0.1, -0.05) is 24.3 Å². The van der Waals surface area contributed by atoms with Crippen LogP contribution in [0.3, 0.4) is 0 Å². The molecular weight excluding hydrogens is 370 g/mol. The van der Waals surface area contributed by atoms with E-state index in [1.54, 1.807) is 24.3 Å². The van der Waals surface area contributed by atoms with Crippen LogP contribution in [-0.4, -0.2) is 39.9 Å². The lowest BCUT2D eigenvalue weighted by Crippen LogP contribution is -2.44. The van der Waals surface area contributed by atoms with Crippen molar-refractivity contribution in [1.82, 2.24) is 20.2 Å². The normalized spacial score (nSPS) is 16.0. The lowest BCUT2D eigenvalue weighted by molar-refractivity contribution is -0.125. The molecule has 2 aromatic carbocycles. The van der Waals surface area contributed by atoms with Crippen molar-refractivity contribution in [1.29, 1.82) is 0 Å². The number of para-hydroxylation sites is 3. The van der Waals surface area contributed by atoms with Crippen molar-refractivity contribution in [2.75, 3.05) is 11.9 Å². The molecule has 0 aliphatic carbocycles. The van der Waals surface area contributed by atoms with Crippen LogP contribution < -0.4 is 16.0 Å². The number of imidazole rings is 1. The van der Waals surface area contributed by atoms with Gasteiger partial charge >= 0.3 is 0 Å². The molecule has 1 aliphatic rings. The van der Waals surface area contributed by atoms with Crippen molar-refractivity contribution in [2.24, 2.45) is 0 Å². The van der Waals surface area contributed by atoms with Crippen molar-refractivity contribution >= 4 is 34.4 Å². The van der Waals surface area contributed by atoms with Gasteiger partial charge in [-0.3, -0.25) is 14.4 Å². The number of hydrogen-bond acceptors (Lipinski definition) is 4. The summed E-state index contributed by atoms with van der Waals surface area (Å²) in [5.41, 5.74) is 2.74. The third-order valence-electron chi connectivity index (χ3n) is 4.94. The number of nitrogens with one attached hydrogen (secondary N) is 3. The zero-order chi connectivity index (χ0) is 20.4. The number of benzene rings is 2. The van der Waals surface area contributed by atoms with Gasteiger partial charge in [0.1, 0.15) is 11.9 Å². The summed E-state index contributed by atoms with van der Waals surface area (Å²) in [5, 5.41) is 8.14. The Labute approximate surface area is 167 Å². The Hall–Kier alpha value is -3.68. The summed E-state index contributed by atoms with van der Waals surface area (Å²) in [5.74, 6) is -0.223. The zero-order valence-electron chi connectivity index (χ0n) is 15.9. The summed E-state index contributed by atoms with van der Waals surface area (Å²) < 4.78 is 2.03. The molecule has 1 aromatic heterocycles. The summed E-state index contributed by atoms with van der Waals surface area (Å²) in [7, 11) is 0. The van der Waals surface area contributed by atoms with Crippen LogP contribution in [0.5, 0.6) is 0 Å². The topological polar surface area (TPSA) is 105 Å². The number of amides is 3. The number of carbonyl (C=O) groups excluding carboxylic acids is 3. The molecule has 0 bridgehead atoms. The second-order valence-electron chi connectivity index (χ2n) is 6.91. The number of aryl methyl sites for hydroxylation is 1. The number of aromatic nitrogens is 2. The third-order valence-corrected chi connectivity index (χ3v) is 4.94. The molecule has 0 radical (unpaired) electrons. The van der Waals surface area contributed by atoms with Crippen LogP contribution in [0.2, 0.25) is 0 Å². The van der Waals surface area contributed by atoms with E-state index in [0.717, 1.165) is 16.9 Å². The minimum Gasteiger partial charge on any atom is -0.354 e. The minimum absolute atomic E-state index is 0.130. The minimum atomic E-state index is -0.925. The Morgan fingerprint density at radius 3 is 2.76 bits per heavy atom. The Kier molecular flexibility index (Phi) is 4.99. The van der Waals surface area contributed by atoms with Crippen molar-refractivity contribution in [3.63, 3.8) is 0 Å². The second-order valence-corrected chi connectivity index (χ2v) is 6.91. The van der Waals surface area contributed by atoms with Crippen LogP contribution >= 0.6 is 0 Å². The molecule has 0 spiro atoms. The molecule has 29 heavy (non-hydrogen) atoms. The Bertz CT molecular complexity index is 1100. The highest BCUT2D eigenvalue weighted by atomic mass is 16.2. The summed E-state index contributed by atoms with van der Waals surface area (Å²) in [6.45, 7) is 2.88. The van der Waals surface area contributed by atoms with Crippen LogP contribution in [0.15, 0.2) is 48.5 Å². The monoisotopic (exact) mass is 391 g/mol. The first-order chi connectivity index (χ1) is 14.0. The maximum Gasteiger partial charge on any atom is 0.254 e. The fraction of sp³-hybridized carbons (Fsp3) is 0.238. The van der Waals surface area contributed by atoms with Crippen LogP contribution in [0.25, 0.3) is 11.0 Å². The van der Waals surface area contributed by atoms with Gasteiger partial charge in [-0.2, -0.15) is 0 Å². The largest absolute Gasteiger partial charge is 0.354 e. The van der Waals surface area contributed by atoms with Gasteiger partial charge in [-0.05, 0) is 31.2 Å². The van der Waals surface area contributed by atoms with Gasteiger partial charge in [-0.25, -0.2) is 4.98 Å². The summed E-state index contributed by atoms with van der Waals surface area (Å²) in [6, 6.07) is 13.6. The molecule has 0 saturated heterocycles. The maximum absolute atomic E-state index is 12.4. The van der Waals surface area contributed by atoms with Gasteiger partial charge in [0.25, 0.3) is 5.91 Å². The molecule has 8 heteroatoms. The number of anilines is 1. The van der Waals surface area contributed by atoms with Crippen LogP contribution in [-0.2, 0) is 16.1 Å². The Morgan fingerprint density at radius 2 is 1.90 bits per heavy atom. The fourth-order valence-electron chi connectivity index (χ4n) is 3.50. The van der Waals surface area contributed by atoms with Gasteiger partial charge < -0.3 is 20.5 Å². The van der Waals surface area contributed by atoms with E-state index in [1.807, 2.05) is 35.8 Å². The molecule has 2 heterocycles. The van der Waals surface area contributed by atoms with Crippen molar-refractivity contribution in [3.8, 4) is 0 Å². The molecule has 3 amide bonds. The van der Waals surface area contributed by atoms with Crippen molar-refractivity contribution < 1.29 is 14.4 Å². The average Bonchev–Trinajstić information content (AvgIpc) is 2.96. The van der Waals surface area contributed by atoms with E-state index in [0.29, 0.717) is 24.3 Å². The third kappa shape index (κ3) is 3.82. The molecule has 148 valence electrons. The van der Waals surface area contributed by atoms with Gasteiger partial charge in [0.15, 0.2) is 0 Å². The number of rotatable bonds is 5. The summed E-state index contributed by atoms with van der Waals surface area (Å²) in [6.07, 6.45) is -0.130. The first-order valence-electron chi connectivity index (χ1n) is 9.42. The van der Waals surface area contributed by atoms with E-state index in [1.165, 1.54) is 0 Å². The maximum atomic E-state index is 12.4. The number of fused-ring (bicyclic) bond motifs is 2. The molecule has 1 atom stereocenters. The molecular formula is C21H21N5O3. The molecule has 1 unspecified atom stereocenters. The first kappa shape index (κ1) is 18.7. The van der Waals surface area contributed by atoms with E-state index in [4.69, 9.17) is 0 Å². The average molecular weight is 391 g/mol. The number of nitrogens with zero attached hydrogens (tertiary/aromatic N) is 2. The smallest absolute Gasteiger partial charge is 0.254 e. The molecule has 3 N–H and O–H groups in total. The SMILES string of the molecule is Cc1nc2ccccc2n1CCNC(=O)CC1NC(=O)c2ccccc2NC1=O. The Balaban J connectivity index is 1.36.